The van der Waals surface area contributed by atoms with E-state index in [9.17, 15) is 0 Å². The number of para-hydroxylation sites is 3. The Kier molecular flexibility index (Phi) is 10.5. The van der Waals surface area contributed by atoms with Crippen LogP contribution < -0.4 is 14.5 Å². The lowest BCUT2D eigenvalue weighted by Gasteiger charge is -2.29. The maximum absolute atomic E-state index is 7.21. The zero-order chi connectivity index (χ0) is 49.7. The highest BCUT2D eigenvalue weighted by Gasteiger charge is 2.32. The fraction of sp³-hybridized carbons (Fsp3) is 0.197. The van der Waals surface area contributed by atoms with E-state index in [-0.39, 0.29) is 16.2 Å². The van der Waals surface area contributed by atoms with E-state index >= 15 is 0 Å². The van der Waals surface area contributed by atoms with E-state index in [1.807, 2.05) is 6.20 Å². The van der Waals surface area contributed by atoms with Gasteiger partial charge in [-0.15, -0.1) is 0 Å². The van der Waals surface area contributed by atoms with Crippen molar-refractivity contribution in [2.45, 2.75) is 78.6 Å². The Hall–Kier alpha value is -8.09. The lowest BCUT2D eigenvalue weighted by molar-refractivity contribution is 0.483. The molecule has 0 fully saturated rings. The van der Waals surface area contributed by atoms with Gasteiger partial charge in [-0.05, 0) is 111 Å². The number of ether oxygens (including phenoxy) is 1. The molecule has 11 aromatic rings. The molecule has 0 saturated heterocycles. The molecular formula is C66H61N5O. The van der Waals surface area contributed by atoms with Crippen LogP contribution >= 0.6 is 0 Å². The van der Waals surface area contributed by atoms with E-state index in [1.165, 1.54) is 50.0 Å². The standard InChI is InChI=1S/C66H61N5O/c1-64(2,3)45-32-33-67-62(38-45)71-57-29-18-15-26-54(57)63-60(70-55-27-16-13-24-52(55)53-25-14-17-28-56(53)70)40-51(41-61(63)71)72-50-23-19-22-48(39-50)68-42-69(49-36-46(65(4,5)6)35-47(37-49)66(7,8)9)59-34-44(30-31-58(59)68)43-20-11-10-12-21-43/h10-41H,42H2,1-9H3. The fourth-order valence-corrected chi connectivity index (χ4v) is 10.7. The summed E-state index contributed by atoms with van der Waals surface area (Å²) in [5, 5.41) is 4.70. The average molecular weight is 940 g/mol. The number of hydrogen-bond acceptors (Lipinski definition) is 4. The summed E-state index contributed by atoms with van der Waals surface area (Å²) in [5.74, 6) is 2.36. The van der Waals surface area contributed by atoms with Gasteiger partial charge in [-0.1, -0.05) is 165 Å². The van der Waals surface area contributed by atoms with Crippen LogP contribution in [-0.2, 0) is 16.2 Å². The van der Waals surface area contributed by atoms with E-state index in [2.05, 4.69) is 269 Å². The zero-order valence-electron chi connectivity index (χ0n) is 42.8. The molecule has 6 heteroatoms. The van der Waals surface area contributed by atoms with Crippen molar-refractivity contribution < 1.29 is 4.74 Å². The second-order valence-corrected chi connectivity index (χ2v) is 22.6. The van der Waals surface area contributed by atoms with Gasteiger partial charge >= 0.3 is 0 Å². The van der Waals surface area contributed by atoms with E-state index in [1.54, 1.807) is 0 Å². The number of benzene rings is 8. The molecule has 0 unspecified atom stereocenters. The lowest BCUT2D eigenvalue weighted by Crippen LogP contribution is -2.25. The number of aromatic nitrogens is 3. The summed E-state index contributed by atoms with van der Waals surface area (Å²) >= 11 is 0. The van der Waals surface area contributed by atoms with Gasteiger partial charge in [0.1, 0.15) is 24.0 Å². The summed E-state index contributed by atoms with van der Waals surface area (Å²) in [4.78, 5) is 9.99. The molecule has 0 N–H and O–H groups in total. The highest BCUT2D eigenvalue weighted by molar-refractivity contribution is 6.16. The summed E-state index contributed by atoms with van der Waals surface area (Å²) in [7, 11) is 0. The van der Waals surface area contributed by atoms with E-state index in [4.69, 9.17) is 9.72 Å². The first-order valence-electron chi connectivity index (χ1n) is 25.3. The minimum Gasteiger partial charge on any atom is -0.457 e. The molecule has 0 aliphatic carbocycles. The normalized spacial score (nSPS) is 13.2. The van der Waals surface area contributed by atoms with Crippen LogP contribution in [0.4, 0.5) is 22.7 Å². The fourth-order valence-electron chi connectivity index (χ4n) is 10.7. The SMILES string of the molecule is CC(C)(C)c1cc(N2CN(c3cccc(Oc4cc(-n5c6ccccc6c6ccccc65)c5c6ccccc6n(-c6cc(C(C)(C)C)ccn6)c5c4)c3)c3ccc(-c4ccccc4)cc32)cc(C(C)(C)C)c1. The van der Waals surface area contributed by atoms with Gasteiger partial charge in [0.05, 0.1) is 39.1 Å². The van der Waals surface area contributed by atoms with Crippen molar-refractivity contribution in [2.24, 2.45) is 0 Å². The highest BCUT2D eigenvalue weighted by Crippen LogP contribution is 2.49. The van der Waals surface area contributed by atoms with Gasteiger partial charge in [-0.3, -0.25) is 4.57 Å². The van der Waals surface area contributed by atoms with Gasteiger partial charge in [0.15, 0.2) is 0 Å². The Labute approximate surface area is 423 Å². The Morgan fingerprint density at radius 2 is 0.986 bits per heavy atom. The van der Waals surface area contributed by atoms with Gasteiger partial charge in [0.2, 0.25) is 0 Å². The summed E-state index contributed by atoms with van der Waals surface area (Å²) in [6, 6.07) is 68.4. The molecule has 3 aromatic heterocycles. The van der Waals surface area contributed by atoms with Crippen LogP contribution in [0, 0.1) is 0 Å². The molecule has 1 aliphatic heterocycles. The molecule has 12 rings (SSSR count). The Balaban J connectivity index is 1.03. The van der Waals surface area contributed by atoms with Crippen molar-refractivity contribution in [1.29, 1.82) is 0 Å². The second kappa shape index (κ2) is 16.8. The van der Waals surface area contributed by atoms with Gasteiger partial charge in [-0.25, -0.2) is 4.98 Å². The third-order valence-electron chi connectivity index (χ3n) is 14.7. The van der Waals surface area contributed by atoms with Gasteiger partial charge in [0, 0.05) is 57.3 Å². The summed E-state index contributed by atoms with van der Waals surface area (Å²) < 4.78 is 12.0. The third-order valence-corrected chi connectivity index (χ3v) is 14.7. The topological polar surface area (TPSA) is 38.5 Å². The van der Waals surface area contributed by atoms with Crippen LogP contribution in [0.2, 0.25) is 0 Å². The van der Waals surface area contributed by atoms with E-state index in [0.717, 1.165) is 67.2 Å². The third kappa shape index (κ3) is 7.77. The first-order chi connectivity index (χ1) is 34.6. The quantitative estimate of drug-likeness (QED) is 0.160. The van der Waals surface area contributed by atoms with Crippen LogP contribution in [0.1, 0.15) is 79.0 Å². The summed E-state index contributed by atoms with van der Waals surface area (Å²) in [6.07, 6.45) is 1.95. The smallest absolute Gasteiger partial charge is 0.137 e. The minimum absolute atomic E-state index is 0.0262. The maximum atomic E-state index is 7.21. The van der Waals surface area contributed by atoms with Crippen molar-refractivity contribution in [1.82, 2.24) is 14.1 Å². The molecule has 6 nitrogen and oxygen atoms in total. The zero-order valence-corrected chi connectivity index (χ0v) is 42.8. The number of fused-ring (bicyclic) bond motifs is 7. The molecule has 0 radical (unpaired) electrons. The molecule has 0 spiro atoms. The number of hydrogen-bond donors (Lipinski definition) is 0. The number of rotatable bonds is 7. The van der Waals surface area contributed by atoms with Crippen LogP contribution in [0.3, 0.4) is 0 Å². The van der Waals surface area contributed by atoms with Gasteiger partial charge in [-0.2, -0.15) is 0 Å². The average Bonchev–Trinajstić information content (AvgIpc) is 4.04. The molecular weight excluding hydrogens is 879 g/mol. The van der Waals surface area contributed by atoms with Crippen molar-refractivity contribution in [3.63, 3.8) is 0 Å². The number of pyridine rings is 1. The summed E-state index contributed by atoms with van der Waals surface area (Å²) in [6.45, 7) is 21.3. The molecule has 0 amide bonds. The van der Waals surface area contributed by atoms with Crippen molar-refractivity contribution >= 4 is 66.4 Å². The highest BCUT2D eigenvalue weighted by atomic mass is 16.5. The van der Waals surface area contributed by atoms with Crippen molar-refractivity contribution in [2.75, 3.05) is 16.5 Å². The van der Waals surface area contributed by atoms with E-state index in [0.29, 0.717) is 6.67 Å². The molecule has 0 bridgehead atoms. The second-order valence-electron chi connectivity index (χ2n) is 22.6. The first-order valence-corrected chi connectivity index (χ1v) is 25.3. The monoisotopic (exact) mass is 939 g/mol. The van der Waals surface area contributed by atoms with Crippen molar-refractivity contribution in [3.05, 3.63) is 211 Å². The van der Waals surface area contributed by atoms with E-state index < -0.39 is 0 Å². The predicted molar refractivity (Wildman–Crippen MR) is 303 cm³/mol. The maximum Gasteiger partial charge on any atom is 0.137 e. The number of anilines is 4. The molecule has 72 heavy (non-hydrogen) atoms. The Bertz CT molecular complexity index is 3810. The molecule has 356 valence electrons. The first kappa shape index (κ1) is 45.1. The molecule has 0 saturated carbocycles. The molecule has 0 atom stereocenters. The van der Waals surface area contributed by atoms with Gasteiger partial charge in [0.25, 0.3) is 0 Å². The number of nitrogens with zero attached hydrogens (tertiary/aromatic N) is 5. The Morgan fingerprint density at radius 3 is 1.64 bits per heavy atom. The molecule has 8 aromatic carbocycles. The minimum atomic E-state index is -0.0627. The summed E-state index contributed by atoms with van der Waals surface area (Å²) in [5.41, 5.74) is 16.1. The van der Waals surface area contributed by atoms with Crippen LogP contribution in [0.15, 0.2) is 194 Å². The van der Waals surface area contributed by atoms with Crippen LogP contribution in [-0.4, -0.2) is 20.8 Å². The lowest BCUT2D eigenvalue weighted by atomic mass is 9.80. The van der Waals surface area contributed by atoms with Crippen LogP contribution in [0.5, 0.6) is 11.5 Å². The molecule has 4 heterocycles. The Morgan fingerprint density at radius 1 is 0.389 bits per heavy atom. The van der Waals surface area contributed by atoms with Crippen LogP contribution in [0.25, 0.3) is 66.2 Å². The predicted octanol–water partition coefficient (Wildman–Crippen LogP) is 17.9. The van der Waals surface area contributed by atoms with Crippen molar-refractivity contribution in [3.8, 4) is 34.1 Å². The van der Waals surface area contributed by atoms with Gasteiger partial charge < -0.3 is 19.1 Å². The largest absolute Gasteiger partial charge is 0.457 e. The molecule has 1 aliphatic rings.